The van der Waals surface area contributed by atoms with Gasteiger partial charge >= 0.3 is 6.18 Å². The Kier molecular flexibility index (Phi) is 4.21. The Labute approximate surface area is 158 Å². The van der Waals surface area contributed by atoms with E-state index in [2.05, 4.69) is 16.5 Å². The fourth-order valence-electron chi connectivity index (χ4n) is 3.13. The number of nitrogens with zero attached hydrogens (tertiary/aromatic N) is 4. The van der Waals surface area contributed by atoms with Crippen molar-refractivity contribution in [2.24, 2.45) is 0 Å². The van der Waals surface area contributed by atoms with Gasteiger partial charge in [0.25, 0.3) is 0 Å². The number of fused-ring (bicyclic) bond motifs is 1. The Morgan fingerprint density at radius 3 is 2.54 bits per heavy atom. The summed E-state index contributed by atoms with van der Waals surface area (Å²) in [6.07, 6.45) is 0.229. The number of pyridine rings is 1. The van der Waals surface area contributed by atoms with E-state index in [0.717, 1.165) is 18.7 Å². The van der Waals surface area contributed by atoms with Gasteiger partial charge in [0.05, 0.1) is 46.4 Å². The van der Waals surface area contributed by atoms with E-state index in [-0.39, 0.29) is 41.6 Å². The Bertz CT molecular complexity index is 1140. The van der Waals surface area contributed by atoms with Gasteiger partial charge in [-0.25, -0.2) is 18.4 Å². The smallest absolute Gasteiger partial charge is 0.417 e. The van der Waals surface area contributed by atoms with Crippen LogP contribution in [0.15, 0.2) is 42.0 Å². The first-order valence-electron chi connectivity index (χ1n) is 8.27. The van der Waals surface area contributed by atoms with Crippen molar-refractivity contribution in [1.29, 1.82) is 0 Å². The maximum absolute atomic E-state index is 13.4. The van der Waals surface area contributed by atoms with Crippen molar-refractivity contribution in [2.45, 2.75) is 6.18 Å². The largest absolute Gasteiger partial charge is 0.443 e. The number of oxazole rings is 1. The van der Waals surface area contributed by atoms with Gasteiger partial charge in [-0.3, -0.25) is 4.40 Å². The molecule has 1 aliphatic rings. The molecule has 1 saturated heterocycles. The van der Waals surface area contributed by atoms with E-state index in [9.17, 15) is 21.6 Å². The van der Waals surface area contributed by atoms with Crippen molar-refractivity contribution in [3.63, 3.8) is 0 Å². The molecular formula is C17H15F3N4O3S. The van der Waals surface area contributed by atoms with Crippen LogP contribution in [0.25, 0.3) is 22.7 Å². The van der Waals surface area contributed by atoms with E-state index in [0.29, 0.717) is 11.4 Å². The number of sulfone groups is 1. The number of aromatic nitrogens is 3. The highest BCUT2D eigenvalue weighted by atomic mass is 32.2. The van der Waals surface area contributed by atoms with Crippen LogP contribution in [0.5, 0.6) is 0 Å². The molecule has 3 aromatic heterocycles. The van der Waals surface area contributed by atoms with Crippen LogP contribution in [-0.2, 0) is 16.0 Å². The third-order valence-corrected chi connectivity index (χ3v) is 6.26. The number of hydrogen-bond donors (Lipinski definition) is 0. The molecule has 11 heteroatoms. The maximum atomic E-state index is 13.4. The quantitative estimate of drug-likeness (QED) is 0.658. The lowest BCUT2D eigenvalue weighted by Crippen LogP contribution is -2.39. The van der Waals surface area contributed by atoms with Gasteiger partial charge in [-0.2, -0.15) is 13.2 Å². The van der Waals surface area contributed by atoms with Gasteiger partial charge < -0.3 is 9.32 Å². The second kappa shape index (κ2) is 6.36. The fraction of sp³-hybridized carbons (Fsp3) is 0.294. The van der Waals surface area contributed by atoms with Crippen LogP contribution in [0.4, 0.5) is 13.2 Å². The van der Waals surface area contributed by atoms with Crippen LogP contribution in [0, 0.1) is 0 Å². The summed E-state index contributed by atoms with van der Waals surface area (Å²) in [5, 5.41) is 0. The van der Waals surface area contributed by atoms with E-state index in [1.807, 2.05) is 0 Å². The first kappa shape index (κ1) is 18.5. The van der Waals surface area contributed by atoms with Gasteiger partial charge in [0.1, 0.15) is 5.65 Å². The molecule has 3 aromatic rings. The van der Waals surface area contributed by atoms with E-state index in [1.165, 1.54) is 16.8 Å². The summed E-state index contributed by atoms with van der Waals surface area (Å²) in [6, 6.07) is 0.961. The molecule has 1 fully saturated rings. The van der Waals surface area contributed by atoms with E-state index < -0.39 is 21.6 Å². The minimum atomic E-state index is -4.58. The SMILES string of the molecule is C=C(c1cnc2c(-c3cnco3)cc(C(F)(F)F)cn12)N1CCS(=O)(=O)CC1. The molecule has 0 N–H and O–H groups in total. The zero-order valence-corrected chi connectivity index (χ0v) is 15.3. The molecular weight excluding hydrogens is 397 g/mol. The molecule has 0 radical (unpaired) electrons. The maximum Gasteiger partial charge on any atom is 0.417 e. The molecule has 0 aliphatic carbocycles. The average molecular weight is 412 g/mol. The summed E-state index contributed by atoms with van der Waals surface area (Å²) in [4.78, 5) is 9.74. The third-order valence-electron chi connectivity index (χ3n) is 4.65. The number of halogens is 3. The summed E-state index contributed by atoms with van der Waals surface area (Å²) >= 11 is 0. The molecule has 4 rings (SSSR count). The molecule has 4 heterocycles. The topological polar surface area (TPSA) is 80.7 Å². The first-order chi connectivity index (χ1) is 13.2. The number of alkyl halides is 3. The Balaban J connectivity index is 1.82. The van der Waals surface area contributed by atoms with Gasteiger partial charge in [-0.15, -0.1) is 0 Å². The van der Waals surface area contributed by atoms with Crippen molar-refractivity contribution in [1.82, 2.24) is 19.3 Å². The van der Waals surface area contributed by atoms with Gasteiger partial charge in [-0.05, 0) is 6.07 Å². The van der Waals surface area contributed by atoms with Crippen molar-refractivity contribution >= 4 is 21.2 Å². The van der Waals surface area contributed by atoms with Crippen LogP contribution in [-0.4, -0.2) is 52.3 Å². The number of rotatable bonds is 3. The Morgan fingerprint density at radius 1 is 1.21 bits per heavy atom. The van der Waals surface area contributed by atoms with E-state index >= 15 is 0 Å². The lowest BCUT2D eigenvalue weighted by Gasteiger charge is -2.30. The van der Waals surface area contributed by atoms with Crippen molar-refractivity contribution in [2.75, 3.05) is 24.6 Å². The van der Waals surface area contributed by atoms with Gasteiger partial charge in [-0.1, -0.05) is 6.58 Å². The molecule has 0 bridgehead atoms. The molecule has 1 aliphatic heterocycles. The molecule has 0 spiro atoms. The molecule has 148 valence electrons. The monoisotopic (exact) mass is 412 g/mol. The minimum absolute atomic E-state index is 0.0279. The van der Waals surface area contributed by atoms with E-state index in [4.69, 9.17) is 4.42 Å². The highest BCUT2D eigenvalue weighted by Gasteiger charge is 2.33. The van der Waals surface area contributed by atoms with Crippen molar-refractivity contribution < 1.29 is 26.0 Å². The van der Waals surface area contributed by atoms with Crippen LogP contribution >= 0.6 is 0 Å². The lowest BCUT2D eigenvalue weighted by atomic mass is 10.1. The fourth-order valence-corrected chi connectivity index (χ4v) is 4.33. The summed E-state index contributed by atoms with van der Waals surface area (Å²) in [6.45, 7) is 4.41. The van der Waals surface area contributed by atoms with Crippen LogP contribution in [0.1, 0.15) is 11.3 Å². The van der Waals surface area contributed by atoms with Crippen LogP contribution in [0.3, 0.4) is 0 Å². The third kappa shape index (κ3) is 3.26. The molecule has 28 heavy (non-hydrogen) atoms. The molecule has 0 aromatic carbocycles. The highest BCUT2D eigenvalue weighted by molar-refractivity contribution is 7.91. The van der Waals surface area contributed by atoms with Crippen molar-refractivity contribution in [3.05, 3.63) is 48.9 Å². The normalized spacial score (nSPS) is 17.2. The minimum Gasteiger partial charge on any atom is -0.443 e. The molecule has 0 unspecified atom stereocenters. The van der Waals surface area contributed by atoms with Gasteiger partial charge in [0.15, 0.2) is 22.0 Å². The second-order valence-electron chi connectivity index (χ2n) is 6.43. The summed E-state index contributed by atoms with van der Waals surface area (Å²) in [5.74, 6) is 0.0997. The molecule has 7 nitrogen and oxygen atoms in total. The average Bonchev–Trinajstić information content (AvgIpc) is 3.29. The Hall–Kier alpha value is -2.82. The second-order valence-corrected chi connectivity index (χ2v) is 8.73. The van der Waals surface area contributed by atoms with Crippen LogP contribution < -0.4 is 0 Å². The summed E-state index contributed by atoms with van der Waals surface area (Å²) in [7, 11) is -3.10. The number of imidazole rings is 1. The van der Waals surface area contributed by atoms with Crippen LogP contribution in [0.2, 0.25) is 0 Å². The number of hydrogen-bond acceptors (Lipinski definition) is 6. The molecule has 0 amide bonds. The first-order valence-corrected chi connectivity index (χ1v) is 10.1. The van der Waals surface area contributed by atoms with E-state index in [1.54, 1.807) is 4.90 Å². The predicted octanol–water partition coefficient (Wildman–Crippen LogP) is 2.71. The predicted molar refractivity (Wildman–Crippen MR) is 95.0 cm³/mol. The lowest BCUT2D eigenvalue weighted by molar-refractivity contribution is -0.137. The molecule has 0 saturated carbocycles. The van der Waals surface area contributed by atoms with Gasteiger partial charge in [0, 0.05) is 19.3 Å². The zero-order valence-electron chi connectivity index (χ0n) is 14.5. The summed E-state index contributed by atoms with van der Waals surface area (Å²) < 4.78 is 70.0. The Morgan fingerprint density at radius 2 is 1.93 bits per heavy atom. The molecule has 0 atom stereocenters. The zero-order chi connectivity index (χ0) is 20.1. The van der Waals surface area contributed by atoms with Gasteiger partial charge in [0.2, 0.25) is 0 Å². The summed E-state index contributed by atoms with van der Waals surface area (Å²) in [5.41, 5.74) is 0.282. The standard InChI is InChI=1S/C17H15F3N4O3S/c1-11(23-2-4-28(25,26)5-3-23)14-7-22-16-13(15-8-21-10-27-15)6-12(9-24(14)16)17(18,19)20/h6-10H,1-5H2. The van der Waals surface area contributed by atoms with Crippen molar-refractivity contribution in [3.8, 4) is 11.3 Å². The highest BCUT2D eigenvalue weighted by Crippen LogP contribution is 2.35.